The Balaban J connectivity index is 2.00. The summed E-state index contributed by atoms with van der Waals surface area (Å²) in [5, 5.41) is 0. The van der Waals surface area contributed by atoms with Crippen LogP contribution in [0.2, 0.25) is 0 Å². The number of benzene rings is 1. The molecule has 0 N–H and O–H groups in total. The summed E-state index contributed by atoms with van der Waals surface area (Å²) in [7, 11) is 0. The van der Waals surface area contributed by atoms with Crippen LogP contribution >= 0.6 is 0 Å². The Labute approximate surface area is 166 Å². The minimum absolute atomic E-state index is 0.118. The zero-order chi connectivity index (χ0) is 20.5. The first-order chi connectivity index (χ1) is 13.2. The van der Waals surface area contributed by atoms with Crippen molar-refractivity contribution in [1.82, 2.24) is 0 Å². The van der Waals surface area contributed by atoms with Gasteiger partial charge in [-0.15, -0.1) is 0 Å². The van der Waals surface area contributed by atoms with Gasteiger partial charge in [0.15, 0.2) is 11.6 Å². The van der Waals surface area contributed by atoms with Crippen LogP contribution in [0, 0.1) is 12.8 Å². The molecule has 1 aromatic rings. The molecular weight excluding hydrogens is 356 g/mol. The van der Waals surface area contributed by atoms with Crippen molar-refractivity contribution in [2.45, 2.75) is 65.1 Å². The molecule has 2 aliphatic rings. The molecule has 1 fully saturated rings. The fourth-order valence-electron chi connectivity index (χ4n) is 3.52. The number of fused-ring (bicyclic) bond motifs is 2. The first-order valence-electron chi connectivity index (χ1n) is 9.73. The molecule has 0 aromatic heterocycles. The number of carbonyl (C=O) groups excluding carboxylic acids is 2. The van der Waals surface area contributed by atoms with E-state index in [1.165, 1.54) is 6.08 Å². The number of ether oxygens (including phenoxy) is 3. The number of ketones is 1. The van der Waals surface area contributed by atoms with Crippen molar-refractivity contribution in [3.05, 3.63) is 53.1 Å². The van der Waals surface area contributed by atoms with Gasteiger partial charge in [-0.2, -0.15) is 0 Å². The summed E-state index contributed by atoms with van der Waals surface area (Å²) in [6.45, 7) is 9.27. The Morgan fingerprint density at radius 3 is 2.57 bits per heavy atom. The normalized spacial score (nSPS) is 32.6. The van der Waals surface area contributed by atoms with Crippen molar-refractivity contribution >= 4 is 17.8 Å². The maximum Gasteiger partial charge on any atom is 0.339 e. The highest BCUT2D eigenvalue weighted by atomic mass is 16.8. The van der Waals surface area contributed by atoms with Gasteiger partial charge in [-0.3, -0.25) is 4.79 Å². The molecule has 1 saturated heterocycles. The average Bonchev–Trinajstić information content (AvgIpc) is 2.93. The summed E-state index contributed by atoms with van der Waals surface area (Å²) in [5.41, 5.74) is 2.22. The SMILES string of the molecule is Cc1cccc2c1C(=O)O[C@@H](C)[C@H](C)/C=C\C(=O)[C@H]1OC(C)(C)OC1C/C=C/2. The fourth-order valence-corrected chi connectivity index (χ4v) is 3.52. The van der Waals surface area contributed by atoms with Crippen molar-refractivity contribution < 1.29 is 23.8 Å². The third kappa shape index (κ3) is 4.42. The minimum Gasteiger partial charge on any atom is -0.458 e. The van der Waals surface area contributed by atoms with Gasteiger partial charge in [0.05, 0.1) is 11.7 Å². The fraction of sp³-hybridized carbons (Fsp3) is 0.478. The van der Waals surface area contributed by atoms with Crippen LogP contribution in [0.25, 0.3) is 6.08 Å². The van der Waals surface area contributed by atoms with Gasteiger partial charge in [0.25, 0.3) is 0 Å². The lowest BCUT2D eigenvalue weighted by Crippen LogP contribution is -2.30. The molecule has 0 saturated carbocycles. The van der Waals surface area contributed by atoms with Gasteiger partial charge in [-0.1, -0.05) is 43.4 Å². The number of hydrogen-bond donors (Lipinski definition) is 0. The third-order valence-corrected chi connectivity index (χ3v) is 5.24. The molecule has 3 rings (SSSR count). The van der Waals surface area contributed by atoms with Crippen LogP contribution in [0.15, 0.2) is 36.4 Å². The van der Waals surface area contributed by atoms with Crippen LogP contribution in [-0.2, 0) is 19.0 Å². The quantitative estimate of drug-likeness (QED) is 0.626. The van der Waals surface area contributed by atoms with Gasteiger partial charge in [-0.25, -0.2) is 4.79 Å². The molecule has 28 heavy (non-hydrogen) atoms. The first kappa shape index (κ1) is 20.5. The van der Waals surface area contributed by atoms with E-state index in [1.807, 2.05) is 65.0 Å². The van der Waals surface area contributed by atoms with E-state index in [0.717, 1.165) is 11.1 Å². The zero-order valence-corrected chi connectivity index (χ0v) is 17.1. The standard InChI is InChI=1S/C23H28O5/c1-14-12-13-18(24)21-19(27-23(4,5)28-21)11-7-10-17-9-6-8-15(2)20(17)22(25)26-16(14)3/h6-10,12-14,16,19,21H,11H2,1-5H3/b10-7+,13-12-/t14-,16+,19?,21-/m1/s1. The van der Waals surface area contributed by atoms with Crippen LogP contribution in [0.4, 0.5) is 0 Å². The smallest absolute Gasteiger partial charge is 0.339 e. The number of hydrogen-bond acceptors (Lipinski definition) is 5. The number of aryl methyl sites for hydroxylation is 1. The van der Waals surface area contributed by atoms with Crippen LogP contribution in [-0.4, -0.2) is 35.9 Å². The van der Waals surface area contributed by atoms with E-state index >= 15 is 0 Å². The predicted octanol–water partition coefficient (Wildman–Crippen LogP) is 4.24. The number of rotatable bonds is 0. The van der Waals surface area contributed by atoms with Gasteiger partial charge in [0.1, 0.15) is 12.2 Å². The van der Waals surface area contributed by atoms with Crippen molar-refractivity contribution in [3.63, 3.8) is 0 Å². The van der Waals surface area contributed by atoms with Crippen molar-refractivity contribution in [2.24, 2.45) is 5.92 Å². The Bertz CT molecular complexity index is 820. The second-order valence-electron chi connectivity index (χ2n) is 8.00. The molecule has 0 radical (unpaired) electrons. The van der Waals surface area contributed by atoms with E-state index in [2.05, 4.69) is 0 Å². The molecule has 150 valence electrons. The predicted molar refractivity (Wildman–Crippen MR) is 107 cm³/mol. The summed E-state index contributed by atoms with van der Waals surface area (Å²) in [6, 6.07) is 5.70. The highest BCUT2D eigenvalue weighted by Gasteiger charge is 2.43. The van der Waals surface area contributed by atoms with E-state index in [0.29, 0.717) is 12.0 Å². The maximum absolute atomic E-state index is 12.8. The topological polar surface area (TPSA) is 61.8 Å². The molecule has 0 aliphatic carbocycles. The summed E-state index contributed by atoms with van der Waals surface area (Å²) >= 11 is 0. The number of cyclic esters (lactones) is 1. The molecule has 5 nitrogen and oxygen atoms in total. The van der Waals surface area contributed by atoms with E-state index < -0.39 is 11.9 Å². The summed E-state index contributed by atoms with van der Waals surface area (Å²) in [6.07, 6.45) is 6.20. The molecule has 0 amide bonds. The Hall–Kier alpha value is -2.24. The van der Waals surface area contributed by atoms with E-state index in [9.17, 15) is 9.59 Å². The summed E-state index contributed by atoms with van der Waals surface area (Å²) in [5.74, 6) is -1.42. The van der Waals surface area contributed by atoms with E-state index in [4.69, 9.17) is 14.2 Å². The summed E-state index contributed by atoms with van der Waals surface area (Å²) in [4.78, 5) is 25.5. The van der Waals surface area contributed by atoms with Gasteiger partial charge < -0.3 is 14.2 Å². The highest BCUT2D eigenvalue weighted by Crippen LogP contribution is 2.31. The third-order valence-electron chi connectivity index (χ3n) is 5.24. The van der Waals surface area contributed by atoms with Gasteiger partial charge in [-0.05, 0) is 51.3 Å². The zero-order valence-electron chi connectivity index (χ0n) is 17.1. The molecule has 1 aromatic carbocycles. The molecule has 0 spiro atoms. The molecular formula is C23H28O5. The molecule has 0 bridgehead atoms. The van der Waals surface area contributed by atoms with Crippen LogP contribution in [0.1, 0.15) is 55.6 Å². The second-order valence-corrected chi connectivity index (χ2v) is 8.00. The summed E-state index contributed by atoms with van der Waals surface area (Å²) < 4.78 is 17.5. The number of esters is 1. The Kier molecular flexibility index (Phi) is 5.87. The molecule has 4 atom stereocenters. The van der Waals surface area contributed by atoms with Crippen molar-refractivity contribution in [3.8, 4) is 0 Å². The largest absolute Gasteiger partial charge is 0.458 e. The lowest BCUT2D eigenvalue weighted by atomic mass is 9.98. The van der Waals surface area contributed by atoms with Crippen LogP contribution in [0.3, 0.4) is 0 Å². The average molecular weight is 384 g/mol. The van der Waals surface area contributed by atoms with Crippen molar-refractivity contribution in [2.75, 3.05) is 0 Å². The maximum atomic E-state index is 12.8. The van der Waals surface area contributed by atoms with Crippen LogP contribution in [0.5, 0.6) is 0 Å². The van der Waals surface area contributed by atoms with Gasteiger partial charge in [0, 0.05) is 5.92 Å². The van der Waals surface area contributed by atoms with Crippen molar-refractivity contribution in [1.29, 1.82) is 0 Å². The second kappa shape index (κ2) is 8.02. The molecule has 2 heterocycles. The lowest BCUT2D eigenvalue weighted by molar-refractivity contribution is -0.152. The van der Waals surface area contributed by atoms with E-state index in [1.54, 1.807) is 6.08 Å². The van der Waals surface area contributed by atoms with Gasteiger partial charge in [0.2, 0.25) is 0 Å². The van der Waals surface area contributed by atoms with Crippen LogP contribution < -0.4 is 0 Å². The number of carbonyl (C=O) groups is 2. The lowest BCUT2D eigenvalue weighted by Gasteiger charge is -2.20. The molecule has 2 aliphatic heterocycles. The molecule has 5 heteroatoms. The van der Waals surface area contributed by atoms with Gasteiger partial charge >= 0.3 is 5.97 Å². The van der Waals surface area contributed by atoms with E-state index in [-0.39, 0.29) is 29.9 Å². The highest BCUT2D eigenvalue weighted by molar-refractivity contribution is 5.96. The molecule has 1 unspecified atom stereocenters. The minimum atomic E-state index is -0.812. The monoisotopic (exact) mass is 384 g/mol. The Morgan fingerprint density at radius 1 is 1.07 bits per heavy atom. The first-order valence-corrected chi connectivity index (χ1v) is 9.73. The Morgan fingerprint density at radius 2 is 1.82 bits per heavy atom.